The highest BCUT2D eigenvalue weighted by atomic mass is 79.9. The lowest BCUT2D eigenvalue weighted by molar-refractivity contribution is 0.565. The highest BCUT2D eigenvalue weighted by Crippen LogP contribution is 2.34. The zero-order valence-electron chi connectivity index (χ0n) is 12.1. The Hall–Kier alpha value is -1.47. The van der Waals surface area contributed by atoms with E-state index in [-0.39, 0.29) is 0 Å². The second-order valence-electron chi connectivity index (χ2n) is 4.64. The van der Waals surface area contributed by atoms with Gasteiger partial charge in [-0.1, -0.05) is 13.8 Å². The molecule has 0 spiro atoms. The lowest BCUT2D eigenvalue weighted by atomic mass is 10.3. The van der Waals surface area contributed by atoms with Crippen LogP contribution in [0.1, 0.15) is 25.2 Å². The van der Waals surface area contributed by atoms with Crippen LogP contribution in [0.5, 0.6) is 0 Å². The predicted molar refractivity (Wildman–Crippen MR) is 89.4 cm³/mol. The molecule has 0 aromatic carbocycles. The predicted octanol–water partition coefficient (Wildman–Crippen LogP) is 5.04. The molecule has 0 saturated carbocycles. The summed E-state index contributed by atoms with van der Waals surface area (Å²) in [6, 6.07) is 1.89. The number of oxazole rings is 2. The van der Waals surface area contributed by atoms with Gasteiger partial charge in [-0.3, -0.25) is 0 Å². The number of aromatic nitrogens is 3. The molecule has 3 heterocycles. The Bertz CT molecular complexity index is 747. The van der Waals surface area contributed by atoms with Crippen LogP contribution in [0.15, 0.2) is 36.4 Å². The molecule has 22 heavy (non-hydrogen) atoms. The number of nitrogens with zero attached hydrogens (tertiary/aromatic N) is 3. The molecular formula is C15H13Br2N3O2. The second kappa shape index (κ2) is 6.34. The van der Waals surface area contributed by atoms with Crippen LogP contribution in [0, 0.1) is 0 Å². The van der Waals surface area contributed by atoms with Gasteiger partial charge in [0.05, 0.1) is 11.4 Å². The van der Waals surface area contributed by atoms with Crippen LogP contribution in [0.4, 0.5) is 0 Å². The van der Waals surface area contributed by atoms with Crippen molar-refractivity contribution in [2.24, 2.45) is 0 Å². The molecule has 0 fully saturated rings. The summed E-state index contributed by atoms with van der Waals surface area (Å²) in [5, 5.41) is 0. The van der Waals surface area contributed by atoms with Crippen LogP contribution < -0.4 is 0 Å². The average Bonchev–Trinajstić information content (AvgIpc) is 3.16. The Kier molecular flexibility index (Phi) is 4.44. The lowest BCUT2D eigenvalue weighted by Crippen LogP contribution is -1.93. The van der Waals surface area contributed by atoms with Crippen molar-refractivity contribution in [3.63, 3.8) is 0 Å². The van der Waals surface area contributed by atoms with Crippen LogP contribution in [0.3, 0.4) is 0 Å². The molecule has 3 rings (SSSR count). The largest absolute Gasteiger partial charge is 0.443 e. The number of rotatable bonds is 4. The number of pyridine rings is 1. The first-order valence-corrected chi connectivity index (χ1v) is 8.46. The third kappa shape index (κ3) is 2.87. The van der Waals surface area contributed by atoms with E-state index in [1.807, 2.05) is 19.9 Å². The van der Waals surface area contributed by atoms with E-state index in [4.69, 9.17) is 8.83 Å². The molecule has 0 atom stereocenters. The van der Waals surface area contributed by atoms with E-state index in [0.29, 0.717) is 23.2 Å². The van der Waals surface area contributed by atoms with Gasteiger partial charge >= 0.3 is 0 Å². The Morgan fingerprint density at radius 1 is 0.818 bits per heavy atom. The average molecular weight is 427 g/mol. The molecule has 0 N–H and O–H groups in total. The van der Waals surface area contributed by atoms with Gasteiger partial charge in [0.25, 0.3) is 0 Å². The molecule has 3 aromatic rings. The van der Waals surface area contributed by atoms with Gasteiger partial charge in [-0.15, -0.1) is 0 Å². The van der Waals surface area contributed by atoms with Crippen molar-refractivity contribution in [2.75, 3.05) is 0 Å². The summed E-state index contributed by atoms with van der Waals surface area (Å²) in [5.41, 5.74) is 3.01. The van der Waals surface area contributed by atoms with E-state index in [0.717, 1.165) is 33.2 Å². The maximum absolute atomic E-state index is 5.51. The summed E-state index contributed by atoms with van der Waals surface area (Å²) in [6.45, 7) is 4.05. The van der Waals surface area contributed by atoms with Crippen molar-refractivity contribution in [1.29, 1.82) is 0 Å². The number of halogens is 2. The fourth-order valence-corrected chi connectivity index (χ4v) is 3.20. The monoisotopic (exact) mass is 425 g/mol. The van der Waals surface area contributed by atoms with Crippen molar-refractivity contribution in [1.82, 2.24) is 15.0 Å². The number of aryl methyl sites for hydroxylation is 2. The maximum Gasteiger partial charge on any atom is 0.246 e. The van der Waals surface area contributed by atoms with Gasteiger partial charge in [-0.25, -0.2) is 15.0 Å². The molecule has 0 aliphatic heterocycles. The Morgan fingerprint density at radius 2 is 1.27 bits per heavy atom. The van der Waals surface area contributed by atoms with Crippen LogP contribution in [0.25, 0.3) is 23.2 Å². The molecule has 3 aromatic heterocycles. The van der Waals surface area contributed by atoms with E-state index < -0.39 is 0 Å². The minimum atomic E-state index is 0.472. The summed E-state index contributed by atoms with van der Waals surface area (Å²) in [4.78, 5) is 13.4. The minimum absolute atomic E-state index is 0.472. The van der Waals surface area contributed by atoms with Crippen molar-refractivity contribution in [3.8, 4) is 23.2 Å². The highest BCUT2D eigenvalue weighted by Gasteiger charge is 2.19. The SMILES string of the molecule is CCc1coc(-c2nc(-c3nc(CC)co3)c(Br)cc2Br)n1. The zero-order chi connectivity index (χ0) is 15.7. The Morgan fingerprint density at radius 3 is 1.64 bits per heavy atom. The molecule has 0 radical (unpaired) electrons. The molecule has 0 aliphatic rings. The normalized spacial score (nSPS) is 11.1. The molecule has 114 valence electrons. The van der Waals surface area contributed by atoms with Gasteiger partial charge in [-0.2, -0.15) is 0 Å². The fraction of sp³-hybridized carbons (Fsp3) is 0.267. The number of hydrogen-bond donors (Lipinski definition) is 0. The highest BCUT2D eigenvalue weighted by molar-refractivity contribution is 9.11. The van der Waals surface area contributed by atoms with E-state index in [9.17, 15) is 0 Å². The van der Waals surface area contributed by atoms with Gasteiger partial charge in [0.15, 0.2) is 0 Å². The maximum atomic E-state index is 5.51. The topological polar surface area (TPSA) is 65.0 Å². The first kappa shape index (κ1) is 15.4. The van der Waals surface area contributed by atoms with Crippen LogP contribution in [-0.4, -0.2) is 15.0 Å². The standard InChI is InChI=1S/C15H13Br2N3O2/c1-3-8-6-21-14(18-8)12-10(16)5-11(17)13(20-12)15-19-9(4-2)7-22-15/h5-7H,3-4H2,1-2H3. The first-order chi connectivity index (χ1) is 10.6. The molecule has 0 amide bonds. The van der Waals surface area contributed by atoms with Crippen LogP contribution >= 0.6 is 31.9 Å². The molecular weight excluding hydrogens is 414 g/mol. The third-order valence-electron chi connectivity index (χ3n) is 3.16. The molecule has 0 saturated heterocycles. The summed E-state index contributed by atoms with van der Waals surface area (Å²) < 4.78 is 12.6. The number of hydrogen-bond acceptors (Lipinski definition) is 5. The Labute approximate surface area is 144 Å². The van der Waals surface area contributed by atoms with Gasteiger partial charge in [0, 0.05) is 8.95 Å². The van der Waals surface area contributed by atoms with Crippen molar-refractivity contribution in [2.45, 2.75) is 26.7 Å². The molecule has 7 heteroatoms. The summed E-state index contributed by atoms with van der Waals surface area (Å²) in [6.07, 6.45) is 4.91. The summed E-state index contributed by atoms with van der Waals surface area (Å²) in [7, 11) is 0. The quantitative estimate of drug-likeness (QED) is 0.584. The summed E-state index contributed by atoms with van der Waals surface area (Å²) in [5.74, 6) is 0.944. The molecule has 0 bridgehead atoms. The van der Waals surface area contributed by atoms with Gasteiger partial charge in [0.1, 0.15) is 23.9 Å². The molecule has 5 nitrogen and oxygen atoms in total. The van der Waals surface area contributed by atoms with Crippen molar-refractivity contribution < 1.29 is 8.83 Å². The van der Waals surface area contributed by atoms with E-state index in [2.05, 4.69) is 46.8 Å². The second-order valence-corrected chi connectivity index (χ2v) is 6.35. The third-order valence-corrected chi connectivity index (χ3v) is 4.37. The van der Waals surface area contributed by atoms with Gasteiger partial charge in [0.2, 0.25) is 11.8 Å². The van der Waals surface area contributed by atoms with Crippen LogP contribution in [0.2, 0.25) is 0 Å². The van der Waals surface area contributed by atoms with Crippen molar-refractivity contribution >= 4 is 31.9 Å². The zero-order valence-corrected chi connectivity index (χ0v) is 15.2. The fourth-order valence-electron chi connectivity index (χ4n) is 1.92. The van der Waals surface area contributed by atoms with E-state index >= 15 is 0 Å². The lowest BCUT2D eigenvalue weighted by Gasteiger charge is -2.04. The first-order valence-electron chi connectivity index (χ1n) is 6.88. The smallest absolute Gasteiger partial charge is 0.246 e. The molecule has 0 unspecified atom stereocenters. The van der Waals surface area contributed by atoms with Crippen LogP contribution in [-0.2, 0) is 12.8 Å². The minimum Gasteiger partial charge on any atom is -0.443 e. The molecule has 0 aliphatic carbocycles. The van der Waals surface area contributed by atoms with Gasteiger partial charge in [-0.05, 0) is 50.8 Å². The summed E-state index contributed by atoms with van der Waals surface area (Å²) >= 11 is 6.99. The van der Waals surface area contributed by atoms with E-state index in [1.54, 1.807) is 12.5 Å². The van der Waals surface area contributed by atoms with Crippen molar-refractivity contribution in [3.05, 3.63) is 38.9 Å². The Balaban J connectivity index is 2.10. The van der Waals surface area contributed by atoms with E-state index in [1.165, 1.54) is 0 Å². The van der Waals surface area contributed by atoms with Gasteiger partial charge < -0.3 is 8.83 Å².